The Morgan fingerprint density at radius 1 is 1.04 bits per heavy atom. The largest absolute Gasteiger partial charge is 0.493 e. The minimum absolute atomic E-state index is 0.0435. The molecule has 1 N–H and O–H groups in total. The van der Waals surface area contributed by atoms with Crippen molar-refractivity contribution in [1.82, 2.24) is 9.62 Å². The van der Waals surface area contributed by atoms with Gasteiger partial charge in [0.05, 0.1) is 19.1 Å². The lowest BCUT2D eigenvalue weighted by molar-refractivity contribution is 0.350. The Kier molecular flexibility index (Phi) is 6.63. The normalized spacial score (nSPS) is 12.8. The number of sulfonamides is 1. The van der Waals surface area contributed by atoms with Crippen molar-refractivity contribution in [3.8, 4) is 11.5 Å². The smallest absolute Gasteiger partial charge is 0.242 e. The molecule has 7 heteroatoms. The second kappa shape index (κ2) is 8.53. The van der Waals surface area contributed by atoms with Gasteiger partial charge >= 0.3 is 0 Å². The molecule has 6 nitrogen and oxygen atoms in total. The third kappa shape index (κ3) is 4.35. The van der Waals surface area contributed by atoms with E-state index in [2.05, 4.69) is 5.32 Å². The van der Waals surface area contributed by atoms with Gasteiger partial charge in [0.2, 0.25) is 10.0 Å². The van der Waals surface area contributed by atoms with Crippen LogP contribution in [0.3, 0.4) is 0 Å². The summed E-state index contributed by atoms with van der Waals surface area (Å²) in [7, 11) is 2.87. The molecule has 0 aliphatic rings. The zero-order valence-electron chi connectivity index (χ0n) is 15.8. The van der Waals surface area contributed by atoms with E-state index in [1.807, 2.05) is 37.3 Å². The average Bonchev–Trinajstić information content (AvgIpc) is 2.65. The molecule has 0 radical (unpaired) electrons. The zero-order valence-corrected chi connectivity index (χ0v) is 16.6. The molecule has 0 aliphatic heterocycles. The molecule has 1 unspecified atom stereocenters. The van der Waals surface area contributed by atoms with Crippen molar-refractivity contribution >= 4 is 10.0 Å². The van der Waals surface area contributed by atoms with E-state index in [1.54, 1.807) is 26.4 Å². The first-order valence-corrected chi connectivity index (χ1v) is 9.71. The van der Waals surface area contributed by atoms with E-state index in [4.69, 9.17) is 9.47 Å². The lowest BCUT2D eigenvalue weighted by Crippen LogP contribution is -2.22. The summed E-state index contributed by atoms with van der Waals surface area (Å²) >= 11 is 0. The van der Waals surface area contributed by atoms with Crippen LogP contribution >= 0.6 is 0 Å². The van der Waals surface area contributed by atoms with Gasteiger partial charge in [-0.25, -0.2) is 12.7 Å². The Morgan fingerprint density at radius 3 is 2.23 bits per heavy atom. The maximum Gasteiger partial charge on any atom is 0.242 e. The number of hydrogen-bond acceptors (Lipinski definition) is 5. The molecule has 142 valence electrons. The van der Waals surface area contributed by atoms with E-state index >= 15 is 0 Å². The highest BCUT2D eigenvalue weighted by Crippen LogP contribution is 2.31. The topological polar surface area (TPSA) is 67.9 Å². The monoisotopic (exact) mass is 378 g/mol. The predicted molar refractivity (Wildman–Crippen MR) is 102 cm³/mol. The molecule has 0 aromatic heterocycles. The van der Waals surface area contributed by atoms with Crippen molar-refractivity contribution in [3.05, 3.63) is 53.6 Å². The van der Waals surface area contributed by atoms with Gasteiger partial charge in [-0.05, 0) is 30.7 Å². The van der Waals surface area contributed by atoms with Gasteiger partial charge in [0.15, 0.2) is 11.5 Å². The van der Waals surface area contributed by atoms with Gasteiger partial charge in [0.25, 0.3) is 0 Å². The third-order valence-electron chi connectivity index (χ3n) is 4.24. The van der Waals surface area contributed by atoms with Crippen LogP contribution in [0, 0.1) is 0 Å². The summed E-state index contributed by atoms with van der Waals surface area (Å²) in [6, 6.07) is 12.7. The first kappa shape index (κ1) is 20.2. The van der Waals surface area contributed by atoms with Crippen LogP contribution in [0.2, 0.25) is 0 Å². The fourth-order valence-electron chi connectivity index (χ4n) is 2.61. The first-order valence-electron chi connectivity index (χ1n) is 8.27. The first-order chi connectivity index (χ1) is 12.3. The van der Waals surface area contributed by atoms with Gasteiger partial charge in [-0.2, -0.15) is 0 Å². The summed E-state index contributed by atoms with van der Waals surface area (Å²) in [4.78, 5) is 0.285. The standard InChI is InChI=1S/C19H26N2O4S/c1-14(15-9-11-17(12-10-15)26(22,23)21(2)3)20-13-16-7-6-8-18(24-4)19(16)25-5/h6-12,14,20H,13H2,1-5H3. The minimum atomic E-state index is -3.41. The number of rotatable bonds is 8. The Labute approximate surface area is 155 Å². The van der Waals surface area contributed by atoms with E-state index in [0.29, 0.717) is 18.0 Å². The van der Waals surface area contributed by atoms with Crippen LogP contribution in [0.5, 0.6) is 11.5 Å². The van der Waals surface area contributed by atoms with Gasteiger partial charge < -0.3 is 14.8 Å². The quantitative estimate of drug-likeness (QED) is 0.765. The van der Waals surface area contributed by atoms with E-state index in [-0.39, 0.29) is 10.9 Å². The number of ether oxygens (including phenoxy) is 2. The lowest BCUT2D eigenvalue weighted by Gasteiger charge is -2.18. The fraction of sp³-hybridized carbons (Fsp3) is 0.368. The fourth-order valence-corrected chi connectivity index (χ4v) is 3.51. The SMILES string of the molecule is COc1cccc(CNC(C)c2ccc(S(=O)(=O)N(C)C)cc2)c1OC. The second-order valence-electron chi connectivity index (χ2n) is 6.11. The predicted octanol–water partition coefficient (Wildman–Crippen LogP) is 2.80. The molecule has 1 atom stereocenters. The molecule has 0 amide bonds. The van der Waals surface area contributed by atoms with Crippen LogP contribution < -0.4 is 14.8 Å². The number of nitrogens with zero attached hydrogens (tertiary/aromatic N) is 1. The third-order valence-corrected chi connectivity index (χ3v) is 6.07. The van der Waals surface area contributed by atoms with Crippen molar-refractivity contribution < 1.29 is 17.9 Å². The summed E-state index contributed by atoms with van der Waals surface area (Å²) in [6.45, 7) is 2.63. The number of para-hydroxylation sites is 1. The summed E-state index contributed by atoms with van der Waals surface area (Å²) in [5.41, 5.74) is 2.00. The average molecular weight is 378 g/mol. The van der Waals surface area contributed by atoms with Gasteiger partial charge in [0.1, 0.15) is 0 Å². The van der Waals surface area contributed by atoms with Crippen LogP contribution in [0.1, 0.15) is 24.1 Å². The van der Waals surface area contributed by atoms with E-state index < -0.39 is 10.0 Å². The lowest BCUT2D eigenvalue weighted by atomic mass is 10.1. The van der Waals surface area contributed by atoms with Crippen LogP contribution in [-0.2, 0) is 16.6 Å². The summed E-state index contributed by atoms with van der Waals surface area (Å²) in [5, 5.41) is 3.43. The number of nitrogens with one attached hydrogen (secondary N) is 1. The number of hydrogen-bond donors (Lipinski definition) is 1. The van der Waals surface area contributed by atoms with Crippen molar-refractivity contribution in [2.45, 2.75) is 24.4 Å². The van der Waals surface area contributed by atoms with Gasteiger partial charge in [0, 0.05) is 32.2 Å². The molecule has 0 aliphatic carbocycles. The number of methoxy groups -OCH3 is 2. The molecule has 0 fully saturated rings. The van der Waals surface area contributed by atoms with Gasteiger partial charge in [-0.15, -0.1) is 0 Å². The molecule has 0 saturated carbocycles. The van der Waals surface area contributed by atoms with E-state index in [9.17, 15) is 8.42 Å². The highest BCUT2D eigenvalue weighted by molar-refractivity contribution is 7.89. The molecule has 2 aromatic rings. The highest BCUT2D eigenvalue weighted by Gasteiger charge is 2.17. The Bertz CT molecular complexity index is 833. The Morgan fingerprint density at radius 2 is 1.69 bits per heavy atom. The Hall–Kier alpha value is -2.09. The summed E-state index contributed by atoms with van der Waals surface area (Å²) < 4.78 is 36.2. The molecule has 0 bridgehead atoms. The molecule has 26 heavy (non-hydrogen) atoms. The van der Waals surface area contributed by atoms with Crippen molar-refractivity contribution in [3.63, 3.8) is 0 Å². The molecule has 2 aromatic carbocycles. The zero-order chi connectivity index (χ0) is 19.3. The molecular formula is C19H26N2O4S. The number of benzene rings is 2. The molecular weight excluding hydrogens is 352 g/mol. The molecule has 0 saturated heterocycles. The summed E-state index contributed by atoms with van der Waals surface area (Å²) in [6.07, 6.45) is 0. The Balaban J connectivity index is 2.11. The van der Waals surface area contributed by atoms with Crippen molar-refractivity contribution in [2.75, 3.05) is 28.3 Å². The van der Waals surface area contributed by atoms with Crippen LogP contribution in [-0.4, -0.2) is 41.0 Å². The summed E-state index contributed by atoms with van der Waals surface area (Å²) in [5.74, 6) is 1.40. The molecule has 0 heterocycles. The van der Waals surface area contributed by atoms with Gasteiger partial charge in [-0.3, -0.25) is 0 Å². The van der Waals surface area contributed by atoms with Crippen molar-refractivity contribution in [1.29, 1.82) is 0 Å². The van der Waals surface area contributed by atoms with Crippen LogP contribution in [0.4, 0.5) is 0 Å². The van der Waals surface area contributed by atoms with E-state index in [1.165, 1.54) is 18.4 Å². The van der Waals surface area contributed by atoms with Crippen molar-refractivity contribution in [2.24, 2.45) is 0 Å². The maximum absolute atomic E-state index is 12.1. The van der Waals surface area contributed by atoms with E-state index in [0.717, 1.165) is 11.1 Å². The van der Waals surface area contributed by atoms with Gasteiger partial charge in [-0.1, -0.05) is 24.3 Å². The second-order valence-corrected chi connectivity index (χ2v) is 8.26. The molecule has 2 rings (SSSR count). The maximum atomic E-state index is 12.1. The van der Waals surface area contributed by atoms with Crippen LogP contribution in [0.25, 0.3) is 0 Å². The molecule has 0 spiro atoms. The minimum Gasteiger partial charge on any atom is -0.493 e. The van der Waals surface area contributed by atoms with Crippen LogP contribution in [0.15, 0.2) is 47.4 Å². The highest BCUT2D eigenvalue weighted by atomic mass is 32.2.